The van der Waals surface area contributed by atoms with Crippen molar-refractivity contribution < 1.29 is 37.9 Å². The van der Waals surface area contributed by atoms with Crippen LogP contribution in [0.3, 0.4) is 0 Å². The van der Waals surface area contributed by atoms with Crippen LogP contribution < -0.4 is 5.32 Å². The van der Waals surface area contributed by atoms with Gasteiger partial charge in [0.05, 0.1) is 6.61 Å². The van der Waals surface area contributed by atoms with Crippen molar-refractivity contribution in [2.75, 3.05) is 20.3 Å². The minimum absolute atomic E-state index is 0.200. The van der Waals surface area contributed by atoms with E-state index < -0.39 is 26.8 Å². The summed E-state index contributed by atoms with van der Waals surface area (Å²) in [4.78, 5) is 21.6. The van der Waals surface area contributed by atoms with Crippen molar-refractivity contribution in [1.29, 1.82) is 0 Å². The Balaban J connectivity index is 3.87. The summed E-state index contributed by atoms with van der Waals surface area (Å²) in [7, 11) is -2.74. The fourth-order valence-corrected chi connectivity index (χ4v) is 3.96. The molecule has 0 aliphatic heterocycles. The van der Waals surface area contributed by atoms with Gasteiger partial charge in [-0.1, -0.05) is 84.0 Å². The van der Waals surface area contributed by atoms with E-state index in [0.29, 0.717) is 6.42 Å². The molecule has 0 radical (unpaired) electrons. The number of ether oxygens (including phenoxy) is 2. The SMILES string of the molecule is CCCCCCCCCCCCCCCC(=O)OCC(COP(=O)(O)O/C=C/NC)OC(C)O. The molecule has 0 fully saturated rings. The van der Waals surface area contributed by atoms with Crippen LogP contribution in [-0.4, -0.2) is 48.6 Å². The van der Waals surface area contributed by atoms with E-state index in [0.717, 1.165) is 25.5 Å². The third-order valence-corrected chi connectivity index (χ3v) is 6.02. The van der Waals surface area contributed by atoms with Crippen LogP contribution in [0.5, 0.6) is 0 Å². The van der Waals surface area contributed by atoms with Crippen LogP contribution in [0.4, 0.5) is 0 Å². The van der Waals surface area contributed by atoms with Crippen molar-refractivity contribution >= 4 is 13.8 Å². The quantitative estimate of drug-likeness (QED) is 0.0504. The predicted octanol–water partition coefficient (Wildman–Crippen LogP) is 5.56. The van der Waals surface area contributed by atoms with E-state index in [1.807, 2.05) is 0 Å². The summed E-state index contributed by atoms with van der Waals surface area (Å²) < 4.78 is 31.6. The highest BCUT2D eigenvalue weighted by Gasteiger charge is 2.25. The van der Waals surface area contributed by atoms with Gasteiger partial charge < -0.3 is 24.4 Å². The van der Waals surface area contributed by atoms with Crippen LogP contribution in [0.2, 0.25) is 0 Å². The largest absolute Gasteiger partial charge is 0.526 e. The number of hydrogen-bond acceptors (Lipinski definition) is 8. The molecule has 0 spiro atoms. The Hall–Kier alpha value is -1.12. The van der Waals surface area contributed by atoms with Gasteiger partial charge in [-0.05, 0) is 13.3 Å². The van der Waals surface area contributed by atoms with Crippen molar-refractivity contribution in [3.63, 3.8) is 0 Å². The maximum atomic E-state index is 12.0. The van der Waals surface area contributed by atoms with E-state index >= 15 is 0 Å². The van der Waals surface area contributed by atoms with Crippen molar-refractivity contribution in [2.24, 2.45) is 0 Å². The Morgan fingerprint density at radius 2 is 1.47 bits per heavy atom. The molecule has 3 N–H and O–H groups in total. The standard InChI is InChI=1S/C24H48NO8P/c1-4-5-6-7-8-9-10-11-12-13-14-15-16-17-24(27)30-20-23(33-22(2)26)21-32-34(28,29)31-19-18-25-3/h18-19,22-23,25-26H,4-17,20-21H2,1-3H3,(H,28,29)/b19-18+. The summed E-state index contributed by atoms with van der Waals surface area (Å²) in [6.45, 7) is 3.03. The van der Waals surface area contributed by atoms with Gasteiger partial charge in [0, 0.05) is 19.7 Å². The Bertz CT molecular complexity index is 559. The lowest BCUT2D eigenvalue weighted by Crippen LogP contribution is -2.30. The summed E-state index contributed by atoms with van der Waals surface area (Å²) in [5.74, 6) is -0.373. The summed E-state index contributed by atoms with van der Waals surface area (Å²) in [6, 6.07) is 0. The molecule has 0 bridgehead atoms. The topological polar surface area (TPSA) is 124 Å². The van der Waals surface area contributed by atoms with Crippen molar-refractivity contribution in [2.45, 2.75) is 116 Å². The number of rotatable bonds is 24. The average Bonchev–Trinajstić information content (AvgIpc) is 2.78. The van der Waals surface area contributed by atoms with E-state index in [-0.39, 0.29) is 12.6 Å². The fraction of sp³-hybridized carbons (Fsp3) is 0.875. The first-order chi connectivity index (χ1) is 16.3. The minimum Gasteiger partial charge on any atom is -0.463 e. The number of phosphoric acid groups is 1. The number of hydrogen-bond donors (Lipinski definition) is 3. The van der Waals surface area contributed by atoms with E-state index in [1.165, 1.54) is 77.3 Å². The molecule has 10 heteroatoms. The zero-order valence-electron chi connectivity index (χ0n) is 21.4. The monoisotopic (exact) mass is 509 g/mol. The normalized spacial score (nSPS) is 15.1. The molecule has 34 heavy (non-hydrogen) atoms. The third-order valence-electron chi connectivity index (χ3n) is 5.16. The molecule has 0 aromatic heterocycles. The first-order valence-electron chi connectivity index (χ1n) is 12.8. The second kappa shape index (κ2) is 22.4. The zero-order chi connectivity index (χ0) is 25.5. The molecule has 3 atom stereocenters. The highest BCUT2D eigenvalue weighted by molar-refractivity contribution is 7.47. The van der Waals surface area contributed by atoms with Crippen LogP contribution in [0.1, 0.15) is 104 Å². The van der Waals surface area contributed by atoms with E-state index in [1.54, 1.807) is 7.05 Å². The van der Waals surface area contributed by atoms with Gasteiger partial charge in [0.25, 0.3) is 0 Å². The number of nitrogens with one attached hydrogen (secondary N) is 1. The minimum atomic E-state index is -4.34. The lowest BCUT2D eigenvalue weighted by atomic mass is 10.0. The smallest absolute Gasteiger partial charge is 0.463 e. The molecule has 0 amide bonds. The summed E-state index contributed by atoms with van der Waals surface area (Å²) in [6.07, 6.45) is 16.5. The van der Waals surface area contributed by atoms with Crippen LogP contribution in [-0.2, 0) is 27.9 Å². The Morgan fingerprint density at radius 1 is 0.941 bits per heavy atom. The number of esters is 1. The van der Waals surface area contributed by atoms with Gasteiger partial charge in [0.2, 0.25) is 0 Å². The van der Waals surface area contributed by atoms with Crippen molar-refractivity contribution in [1.82, 2.24) is 5.32 Å². The fourth-order valence-electron chi connectivity index (χ4n) is 3.33. The lowest BCUT2D eigenvalue weighted by molar-refractivity contribution is -0.167. The van der Waals surface area contributed by atoms with Gasteiger partial charge in [0.15, 0.2) is 6.29 Å². The molecule has 0 heterocycles. The van der Waals surface area contributed by atoms with Crippen LogP contribution in [0.15, 0.2) is 12.5 Å². The van der Waals surface area contributed by atoms with Crippen LogP contribution in [0.25, 0.3) is 0 Å². The van der Waals surface area contributed by atoms with Crippen LogP contribution >= 0.6 is 7.82 Å². The molecule has 0 saturated heterocycles. The molecule has 3 unspecified atom stereocenters. The van der Waals surface area contributed by atoms with E-state index in [2.05, 4.69) is 16.8 Å². The molecule has 0 aliphatic rings. The van der Waals surface area contributed by atoms with Crippen molar-refractivity contribution in [3.8, 4) is 0 Å². The van der Waals surface area contributed by atoms with Crippen molar-refractivity contribution in [3.05, 3.63) is 12.5 Å². The lowest BCUT2D eigenvalue weighted by Gasteiger charge is -2.20. The average molecular weight is 510 g/mol. The second-order valence-corrected chi connectivity index (χ2v) is 9.90. The summed E-state index contributed by atoms with van der Waals surface area (Å²) >= 11 is 0. The second-order valence-electron chi connectivity index (χ2n) is 8.49. The predicted molar refractivity (Wildman–Crippen MR) is 133 cm³/mol. The van der Waals surface area contributed by atoms with Crippen LogP contribution in [0, 0.1) is 0 Å². The third kappa shape index (κ3) is 22.7. The Kier molecular flexibility index (Phi) is 21.6. The number of carbonyl (C=O) groups is 1. The van der Waals surface area contributed by atoms with Gasteiger partial charge in [-0.25, -0.2) is 4.57 Å². The van der Waals surface area contributed by atoms with Gasteiger partial charge >= 0.3 is 13.8 Å². The summed E-state index contributed by atoms with van der Waals surface area (Å²) in [5.41, 5.74) is 0. The van der Waals surface area contributed by atoms with Gasteiger partial charge in [-0.15, -0.1) is 0 Å². The number of aliphatic hydroxyl groups excluding tert-OH is 1. The molecule has 9 nitrogen and oxygen atoms in total. The molecule has 0 saturated carbocycles. The number of carbonyl (C=O) groups excluding carboxylic acids is 1. The Labute approximate surface area is 206 Å². The van der Waals surface area contributed by atoms with E-state index in [4.69, 9.17) is 14.0 Å². The molecule has 202 valence electrons. The van der Waals surface area contributed by atoms with E-state index in [9.17, 15) is 19.4 Å². The molecule has 0 aromatic carbocycles. The first-order valence-corrected chi connectivity index (χ1v) is 14.3. The first kappa shape index (κ1) is 32.9. The van der Waals surface area contributed by atoms with Gasteiger partial charge in [0.1, 0.15) is 19.0 Å². The maximum absolute atomic E-state index is 12.0. The highest BCUT2D eigenvalue weighted by Crippen LogP contribution is 2.43. The number of unbranched alkanes of at least 4 members (excludes halogenated alkanes) is 12. The maximum Gasteiger partial charge on any atom is 0.526 e. The number of aliphatic hydroxyl groups is 1. The Morgan fingerprint density at radius 3 is 1.97 bits per heavy atom. The highest BCUT2D eigenvalue weighted by atomic mass is 31.2. The van der Waals surface area contributed by atoms with Gasteiger partial charge in [-0.3, -0.25) is 14.2 Å². The molecular formula is C24H48NO8P. The molecular weight excluding hydrogens is 461 g/mol. The molecule has 0 aromatic rings. The molecule has 0 aliphatic carbocycles. The summed E-state index contributed by atoms with van der Waals surface area (Å²) in [5, 5.41) is 12.0. The zero-order valence-corrected chi connectivity index (χ0v) is 22.3. The van der Waals surface area contributed by atoms with Gasteiger partial charge in [-0.2, -0.15) is 0 Å². The number of phosphoric ester groups is 1. The molecule has 0 rings (SSSR count).